The van der Waals surface area contributed by atoms with Gasteiger partial charge < -0.3 is 15.0 Å². The number of aromatic nitrogens is 2. The number of H-pyrrole nitrogens is 1. The van der Waals surface area contributed by atoms with E-state index in [2.05, 4.69) is 9.97 Å². The first-order chi connectivity index (χ1) is 7.79. The van der Waals surface area contributed by atoms with Gasteiger partial charge in [0.25, 0.3) is 0 Å². The Labute approximate surface area is 97.6 Å². The van der Waals surface area contributed by atoms with E-state index in [0.29, 0.717) is 11.1 Å². The molecule has 0 aliphatic carbocycles. The third-order valence-corrected chi connectivity index (χ3v) is 3.70. The molecule has 3 rings (SSSR count). The van der Waals surface area contributed by atoms with Gasteiger partial charge in [-0.25, -0.2) is 9.78 Å². The molecular weight excluding hydrogens is 226 g/mol. The number of carboxylic acid groups (broad SMARTS) is 1. The topological polar surface area (TPSA) is 69.2 Å². The highest BCUT2D eigenvalue weighted by molar-refractivity contribution is 8.00. The normalized spacial score (nSPS) is 22.1. The highest BCUT2D eigenvalue weighted by Gasteiger charge is 2.34. The summed E-state index contributed by atoms with van der Waals surface area (Å²) in [5, 5.41) is 9.19. The first-order valence-electron chi connectivity index (χ1n) is 5.03. The Balaban J connectivity index is 0.000000162. The third kappa shape index (κ3) is 2.38. The van der Waals surface area contributed by atoms with Crippen LogP contribution < -0.4 is 0 Å². The number of hydrogen-bond donors (Lipinski definition) is 2. The molecule has 1 aromatic rings. The summed E-state index contributed by atoms with van der Waals surface area (Å²) in [6.07, 6.45) is 8.01. The first kappa shape index (κ1) is 11.1. The molecule has 6 heteroatoms. The second-order valence-electron chi connectivity index (χ2n) is 3.43. The second-order valence-corrected chi connectivity index (χ2v) is 4.64. The zero-order chi connectivity index (χ0) is 11.4. The number of hydrogen-bond acceptors (Lipinski definition) is 4. The SMILES string of the molecule is O=C(O)C1=CCSC2CCN12.c1c[nH]cn1. The summed E-state index contributed by atoms with van der Waals surface area (Å²) in [5.74, 6) is 0.0676. The number of fused-ring (bicyclic) bond motifs is 1. The van der Waals surface area contributed by atoms with Gasteiger partial charge >= 0.3 is 5.97 Å². The fraction of sp³-hybridized carbons (Fsp3) is 0.400. The van der Waals surface area contributed by atoms with E-state index in [1.54, 1.807) is 24.8 Å². The van der Waals surface area contributed by atoms with Crippen molar-refractivity contribution in [3.63, 3.8) is 0 Å². The zero-order valence-electron chi connectivity index (χ0n) is 8.67. The van der Waals surface area contributed by atoms with Gasteiger partial charge in [0.1, 0.15) is 5.70 Å². The molecule has 0 aromatic carbocycles. The Bertz CT molecular complexity index is 360. The molecule has 0 amide bonds. The van der Waals surface area contributed by atoms with Crippen LogP contribution in [0.15, 0.2) is 30.5 Å². The lowest BCUT2D eigenvalue weighted by atomic mass is 10.2. The highest BCUT2D eigenvalue weighted by atomic mass is 32.2. The van der Waals surface area contributed by atoms with Crippen molar-refractivity contribution in [2.24, 2.45) is 0 Å². The van der Waals surface area contributed by atoms with Crippen molar-refractivity contribution in [2.45, 2.75) is 11.8 Å². The van der Waals surface area contributed by atoms with Crippen LogP contribution >= 0.6 is 11.8 Å². The van der Waals surface area contributed by atoms with Gasteiger partial charge in [-0.3, -0.25) is 0 Å². The predicted molar refractivity (Wildman–Crippen MR) is 61.9 cm³/mol. The molecule has 1 fully saturated rings. The minimum atomic E-state index is -0.782. The summed E-state index contributed by atoms with van der Waals surface area (Å²) < 4.78 is 0. The second kappa shape index (κ2) is 5.07. The van der Waals surface area contributed by atoms with E-state index in [-0.39, 0.29) is 0 Å². The minimum absolute atomic E-state index is 0.450. The van der Waals surface area contributed by atoms with Gasteiger partial charge in [0, 0.05) is 24.7 Å². The maximum absolute atomic E-state index is 10.6. The van der Waals surface area contributed by atoms with Gasteiger partial charge in [-0.05, 0) is 12.5 Å². The van der Waals surface area contributed by atoms with E-state index in [4.69, 9.17) is 5.11 Å². The van der Waals surface area contributed by atoms with Crippen molar-refractivity contribution >= 4 is 17.7 Å². The molecule has 2 aliphatic rings. The predicted octanol–water partition coefficient (Wildman–Crippen LogP) is 1.14. The maximum Gasteiger partial charge on any atom is 0.351 e. The minimum Gasteiger partial charge on any atom is -0.477 e. The summed E-state index contributed by atoms with van der Waals surface area (Å²) >= 11 is 1.82. The summed E-state index contributed by atoms with van der Waals surface area (Å²) in [6, 6.07) is 0. The van der Waals surface area contributed by atoms with E-state index < -0.39 is 5.97 Å². The summed E-state index contributed by atoms with van der Waals surface area (Å²) in [7, 11) is 0. The summed E-state index contributed by atoms with van der Waals surface area (Å²) in [5.41, 5.74) is 0.500. The third-order valence-electron chi connectivity index (χ3n) is 2.46. The van der Waals surface area contributed by atoms with Crippen LogP contribution in [0.4, 0.5) is 0 Å². The van der Waals surface area contributed by atoms with Crippen LogP contribution in [0.2, 0.25) is 0 Å². The van der Waals surface area contributed by atoms with Gasteiger partial charge in [0.2, 0.25) is 0 Å². The van der Waals surface area contributed by atoms with Gasteiger partial charge in [0.05, 0.1) is 11.7 Å². The van der Waals surface area contributed by atoms with E-state index in [1.807, 2.05) is 16.7 Å². The van der Waals surface area contributed by atoms with Gasteiger partial charge in [-0.2, -0.15) is 0 Å². The van der Waals surface area contributed by atoms with Crippen molar-refractivity contribution in [1.29, 1.82) is 0 Å². The molecule has 3 heterocycles. The number of imidazole rings is 1. The molecule has 5 nitrogen and oxygen atoms in total. The van der Waals surface area contributed by atoms with E-state index in [1.165, 1.54) is 0 Å². The molecule has 1 unspecified atom stereocenters. The van der Waals surface area contributed by atoms with Crippen molar-refractivity contribution in [1.82, 2.24) is 14.9 Å². The Morgan fingerprint density at radius 3 is 2.94 bits per heavy atom. The number of aromatic amines is 1. The molecule has 0 spiro atoms. The van der Waals surface area contributed by atoms with E-state index in [9.17, 15) is 4.79 Å². The Hall–Kier alpha value is -1.43. The molecule has 0 radical (unpaired) electrons. The van der Waals surface area contributed by atoms with Crippen molar-refractivity contribution in [3.8, 4) is 0 Å². The molecule has 86 valence electrons. The Kier molecular flexibility index (Phi) is 3.51. The number of thioether (sulfide) groups is 1. The maximum atomic E-state index is 10.6. The van der Waals surface area contributed by atoms with Crippen LogP contribution in [-0.4, -0.2) is 43.6 Å². The number of aliphatic carboxylic acids is 1. The lowest BCUT2D eigenvalue weighted by Crippen LogP contribution is -2.48. The Morgan fingerprint density at radius 2 is 2.56 bits per heavy atom. The average molecular weight is 239 g/mol. The molecule has 1 atom stereocenters. The van der Waals surface area contributed by atoms with Crippen molar-refractivity contribution < 1.29 is 9.90 Å². The largest absolute Gasteiger partial charge is 0.477 e. The number of rotatable bonds is 1. The lowest BCUT2D eigenvalue weighted by Gasteiger charge is -2.44. The number of carboxylic acids is 1. The smallest absolute Gasteiger partial charge is 0.351 e. The molecule has 16 heavy (non-hydrogen) atoms. The average Bonchev–Trinajstić information content (AvgIpc) is 2.77. The molecule has 2 N–H and O–H groups in total. The number of carbonyl (C=O) groups is 1. The molecule has 0 bridgehead atoms. The molecular formula is C10H13N3O2S. The number of nitrogens with one attached hydrogen (secondary N) is 1. The van der Waals surface area contributed by atoms with Crippen molar-refractivity contribution in [3.05, 3.63) is 30.5 Å². The van der Waals surface area contributed by atoms with Gasteiger partial charge in [-0.15, -0.1) is 11.8 Å². The van der Waals surface area contributed by atoms with E-state index in [0.717, 1.165) is 18.7 Å². The molecule has 1 aromatic heterocycles. The van der Waals surface area contributed by atoms with Crippen LogP contribution in [0, 0.1) is 0 Å². The monoisotopic (exact) mass is 239 g/mol. The van der Waals surface area contributed by atoms with Crippen LogP contribution in [0.3, 0.4) is 0 Å². The lowest BCUT2D eigenvalue weighted by molar-refractivity contribution is -0.135. The molecule has 0 saturated carbocycles. The van der Waals surface area contributed by atoms with Gasteiger partial charge in [0.15, 0.2) is 0 Å². The van der Waals surface area contributed by atoms with Crippen LogP contribution in [-0.2, 0) is 4.79 Å². The van der Waals surface area contributed by atoms with Crippen LogP contribution in [0.5, 0.6) is 0 Å². The fourth-order valence-electron chi connectivity index (χ4n) is 1.59. The molecule has 2 aliphatic heterocycles. The fourth-order valence-corrected chi connectivity index (χ4v) is 2.74. The quantitative estimate of drug-likeness (QED) is 0.769. The van der Waals surface area contributed by atoms with Crippen LogP contribution in [0.1, 0.15) is 6.42 Å². The summed E-state index contributed by atoms with van der Waals surface area (Å²) in [6.45, 7) is 0.913. The number of nitrogens with zero attached hydrogens (tertiary/aromatic N) is 2. The standard InChI is InChI=1S/C7H9NO2S.C3H4N2/c9-7(10)5-2-4-11-6-1-3-8(5)6;1-2-5-3-4-1/h2,6H,1,3-4H2,(H,9,10);1-3H,(H,4,5). The zero-order valence-corrected chi connectivity index (χ0v) is 9.48. The van der Waals surface area contributed by atoms with Crippen LogP contribution in [0.25, 0.3) is 0 Å². The van der Waals surface area contributed by atoms with Gasteiger partial charge in [-0.1, -0.05) is 0 Å². The van der Waals surface area contributed by atoms with E-state index >= 15 is 0 Å². The first-order valence-corrected chi connectivity index (χ1v) is 6.08. The van der Waals surface area contributed by atoms with Crippen molar-refractivity contribution in [2.75, 3.05) is 12.3 Å². The summed E-state index contributed by atoms with van der Waals surface area (Å²) in [4.78, 5) is 19.0. The highest BCUT2D eigenvalue weighted by Crippen LogP contribution is 2.35. The Morgan fingerprint density at radius 1 is 1.69 bits per heavy atom. The molecule has 1 saturated heterocycles.